The van der Waals surface area contributed by atoms with Crippen LogP contribution in [0, 0.1) is 17.0 Å². The van der Waals surface area contributed by atoms with Crippen LogP contribution in [0.25, 0.3) is 11.2 Å². The van der Waals surface area contributed by atoms with Crippen LogP contribution < -0.4 is 4.90 Å². The molecule has 0 spiro atoms. The van der Waals surface area contributed by atoms with E-state index in [4.69, 9.17) is 28.9 Å². The number of carbonyl (C=O) groups excluding carboxylic acids is 1. The van der Waals surface area contributed by atoms with Gasteiger partial charge >= 0.3 is 6.09 Å². The normalized spacial score (nSPS) is 26.0. The Morgan fingerprint density at radius 1 is 1.08 bits per heavy atom. The summed E-state index contributed by atoms with van der Waals surface area (Å²) in [5.74, 6) is -1.92. The Labute approximate surface area is 297 Å². The molecule has 1 aliphatic heterocycles. The Hall–Kier alpha value is -2.94. The maximum absolute atomic E-state index is 14.3. The minimum Gasteiger partial charge on any atom is -0.443 e. The summed E-state index contributed by atoms with van der Waals surface area (Å²) in [6, 6.07) is 3.10. The molecule has 3 aromatic rings. The fraction of sp³-hybridized carbons (Fsp3) is 0.694. The van der Waals surface area contributed by atoms with Gasteiger partial charge in [-0.15, -0.1) is 5.10 Å². The van der Waals surface area contributed by atoms with Crippen LogP contribution in [0.1, 0.15) is 112 Å². The zero-order valence-corrected chi connectivity index (χ0v) is 31.4. The van der Waals surface area contributed by atoms with Crippen molar-refractivity contribution < 1.29 is 32.5 Å². The smallest absolute Gasteiger partial charge is 0.416 e. The van der Waals surface area contributed by atoms with Crippen LogP contribution in [-0.2, 0) is 18.9 Å². The lowest BCUT2D eigenvalue weighted by molar-refractivity contribution is -0.170. The molecular weight excluding hydrogens is 666 g/mol. The molecule has 11 nitrogen and oxygen atoms in total. The summed E-state index contributed by atoms with van der Waals surface area (Å²) in [5, 5.41) is 9.66. The molecule has 6 unspecified atom stereocenters. The van der Waals surface area contributed by atoms with Gasteiger partial charge in [-0.2, -0.15) is 0 Å². The predicted octanol–water partition coefficient (Wildman–Crippen LogP) is 7.98. The third kappa shape index (κ3) is 8.08. The first-order valence-electron chi connectivity index (χ1n) is 17.6. The summed E-state index contributed by atoms with van der Waals surface area (Å²) in [7, 11) is 0. The van der Waals surface area contributed by atoms with Crippen molar-refractivity contribution >= 4 is 34.8 Å². The van der Waals surface area contributed by atoms with Crippen molar-refractivity contribution in [3.05, 3.63) is 35.4 Å². The number of anilines is 1. The molecular formula is C36H50F2N6O5S. The van der Waals surface area contributed by atoms with E-state index in [-0.39, 0.29) is 41.5 Å². The summed E-state index contributed by atoms with van der Waals surface area (Å²) in [5.41, 5.74) is 0.781. The number of hydrogen-bond donors (Lipinski definition) is 0. The zero-order valence-electron chi connectivity index (χ0n) is 30.5. The van der Waals surface area contributed by atoms with Crippen LogP contribution in [0.5, 0.6) is 0 Å². The number of nitrogens with zero attached hydrogens (tertiary/aromatic N) is 6. The van der Waals surface area contributed by atoms with Crippen LogP contribution in [0.2, 0.25) is 0 Å². The molecule has 2 saturated carbocycles. The molecule has 1 aromatic carbocycles. The number of benzene rings is 1. The van der Waals surface area contributed by atoms with E-state index in [1.54, 1.807) is 31.5 Å². The highest BCUT2D eigenvalue weighted by molar-refractivity contribution is 7.99. The van der Waals surface area contributed by atoms with E-state index in [1.807, 2.05) is 13.8 Å². The average molecular weight is 717 g/mol. The first-order chi connectivity index (χ1) is 23.4. The van der Waals surface area contributed by atoms with Gasteiger partial charge in [0.05, 0.1) is 12.1 Å². The molecule has 1 saturated heterocycles. The Balaban J connectivity index is 1.38. The maximum Gasteiger partial charge on any atom is 0.416 e. The molecule has 3 aliphatic rings. The van der Waals surface area contributed by atoms with Crippen LogP contribution in [0.4, 0.5) is 19.4 Å². The second-order valence-electron chi connectivity index (χ2n) is 16.3. The largest absolute Gasteiger partial charge is 0.443 e. The fourth-order valence-corrected chi connectivity index (χ4v) is 7.54. The van der Waals surface area contributed by atoms with Crippen LogP contribution in [-0.4, -0.2) is 79.2 Å². The van der Waals surface area contributed by atoms with E-state index in [0.29, 0.717) is 41.3 Å². The van der Waals surface area contributed by atoms with Crippen molar-refractivity contribution in [3.8, 4) is 0 Å². The highest BCUT2D eigenvalue weighted by Gasteiger charge is 2.56. The van der Waals surface area contributed by atoms with E-state index in [2.05, 4.69) is 38.0 Å². The number of aromatic nitrogens is 5. The second-order valence-corrected chi connectivity index (χ2v) is 17.3. The molecule has 0 radical (unpaired) electrons. The minimum absolute atomic E-state index is 0.215. The number of fused-ring (bicyclic) bond motifs is 2. The Kier molecular flexibility index (Phi) is 10.2. The van der Waals surface area contributed by atoms with E-state index >= 15 is 0 Å². The molecule has 6 rings (SSSR count). The van der Waals surface area contributed by atoms with Crippen molar-refractivity contribution in [2.45, 2.75) is 147 Å². The van der Waals surface area contributed by atoms with Crippen molar-refractivity contribution in [2.75, 3.05) is 17.3 Å². The summed E-state index contributed by atoms with van der Waals surface area (Å²) in [6.45, 7) is 18.5. The predicted molar refractivity (Wildman–Crippen MR) is 186 cm³/mol. The molecule has 2 aromatic heterocycles. The van der Waals surface area contributed by atoms with Crippen LogP contribution in [0.3, 0.4) is 0 Å². The third-order valence-electron chi connectivity index (χ3n) is 9.10. The van der Waals surface area contributed by atoms with Gasteiger partial charge in [0.15, 0.2) is 39.6 Å². The third-order valence-corrected chi connectivity index (χ3v) is 10.2. The number of thioether (sulfide) groups is 1. The summed E-state index contributed by atoms with van der Waals surface area (Å²) >= 11 is 1.47. The van der Waals surface area contributed by atoms with Gasteiger partial charge in [-0.1, -0.05) is 50.7 Å². The Morgan fingerprint density at radius 2 is 1.82 bits per heavy atom. The molecule has 1 amide bonds. The molecule has 3 fully saturated rings. The minimum atomic E-state index is -0.935. The lowest BCUT2D eigenvalue weighted by Gasteiger charge is -2.27. The van der Waals surface area contributed by atoms with E-state index < -0.39 is 35.2 Å². The number of rotatable bonds is 11. The Bertz CT molecular complexity index is 1710. The Morgan fingerprint density at radius 3 is 2.50 bits per heavy atom. The van der Waals surface area contributed by atoms with E-state index in [1.165, 1.54) is 22.7 Å². The molecule has 3 heterocycles. The van der Waals surface area contributed by atoms with Crippen molar-refractivity contribution in [2.24, 2.45) is 5.41 Å². The summed E-state index contributed by atoms with van der Waals surface area (Å²) < 4.78 is 55.1. The molecule has 274 valence electrons. The van der Waals surface area contributed by atoms with Crippen LogP contribution in [0.15, 0.2) is 23.4 Å². The van der Waals surface area contributed by atoms with E-state index in [9.17, 15) is 13.6 Å². The van der Waals surface area contributed by atoms with E-state index in [0.717, 1.165) is 31.1 Å². The monoisotopic (exact) mass is 716 g/mol. The number of hydrogen-bond acceptors (Lipinski definition) is 10. The molecule has 0 bridgehead atoms. The van der Waals surface area contributed by atoms with Gasteiger partial charge in [-0.25, -0.2) is 28.2 Å². The summed E-state index contributed by atoms with van der Waals surface area (Å²) in [6.07, 6.45) is 2.43. The lowest BCUT2D eigenvalue weighted by Crippen LogP contribution is -2.39. The van der Waals surface area contributed by atoms with Gasteiger partial charge in [-0.3, -0.25) is 4.90 Å². The van der Waals surface area contributed by atoms with Crippen molar-refractivity contribution in [1.82, 2.24) is 25.0 Å². The number of carbonyl (C=O) groups is 1. The standard InChI is InChI=1S/C36H50F2N6O5S/c1-10-16-50-32-39-30(43(33(45)49-35(5,6)7)24-18-21(24)20-12-13-22(37)23(38)17-20)27-31(40-32)44(42-41-27)25-19-26(46-15-11-14-34(2,3)4)29-28(25)47-36(8,9)48-29/h12-13,17,21,24-26,28-29H,10-11,14-16,18-19H2,1-9H3. The number of ether oxygens (including phenoxy) is 4. The van der Waals surface area contributed by atoms with Gasteiger partial charge < -0.3 is 18.9 Å². The van der Waals surface area contributed by atoms with Gasteiger partial charge in [-0.05, 0) is 83.4 Å². The molecule has 0 N–H and O–H groups in total. The molecule has 6 atom stereocenters. The van der Waals surface area contributed by atoms with Crippen LogP contribution >= 0.6 is 11.8 Å². The maximum atomic E-state index is 14.3. The van der Waals surface area contributed by atoms with Crippen molar-refractivity contribution in [3.63, 3.8) is 0 Å². The van der Waals surface area contributed by atoms with Gasteiger partial charge in [0.1, 0.15) is 17.8 Å². The van der Waals surface area contributed by atoms with Gasteiger partial charge in [0, 0.05) is 30.7 Å². The van der Waals surface area contributed by atoms with Gasteiger partial charge in [0.2, 0.25) is 0 Å². The zero-order chi connectivity index (χ0) is 36.2. The first kappa shape index (κ1) is 36.8. The molecule has 14 heteroatoms. The van der Waals surface area contributed by atoms with Gasteiger partial charge in [0.25, 0.3) is 0 Å². The lowest BCUT2D eigenvalue weighted by atomic mass is 9.91. The SMILES string of the molecule is CCCSc1nc(N(C(=O)OC(C)(C)C)C2CC2c2ccc(F)c(F)c2)c2nnn(C3CC(OCCCC(C)(C)C)C4OC(C)(C)OC43)c2n1. The van der Waals surface area contributed by atoms with Crippen molar-refractivity contribution in [1.29, 1.82) is 0 Å². The number of halogens is 2. The average Bonchev–Trinajstić information content (AvgIpc) is 3.39. The fourth-order valence-electron chi connectivity index (χ4n) is 6.85. The second kappa shape index (κ2) is 13.9. The quantitative estimate of drug-likeness (QED) is 0.110. The first-order valence-corrected chi connectivity index (χ1v) is 18.6. The topological polar surface area (TPSA) is 114 Å². The number of amides is 1. The summed E-state index contributed by atoms with van der Waals surface area (Å²) in [4.78, 5) is 25.3. The highest BCUT2D eigenvalue weighted by atomic mass is 32.2. The molecule has 50 heavy (non-hydrogen) atoms. The highest BCUT2D eigenvalue weighted by Crippen LogP contribution is 2.49. The molecule has 2 aliphatic carbocycles.